The predicted molar refractivity (Wildman–Crippen MR) is 69.6 cm³/mol. The van der Waals surface area contributed by atoms with E-state index >= 15 is 0 Å². The van der Waals surface area contributed by atoms with Crippen LogP contribution in [-0.4, -0.2) is 12.6 Å². The second kappa shape index (κ2) is 7.02. The number of rotatable bonds is 7. The molecule has 86 valence electrons. The van der Waals surface area contributed by atoms with Crippen molar-refractivity contribution in [3.8, 4) is 0 Å². The molecule has 1 aromatic rings. The van der Waals surface area contributed by atoms with Gasteiger partial charge in [0, 0.05) is 17.5 Å². The van der Waals surface area contributed by atoms with Crippen LogP contribution in [0.2, 0.25) is 0 Å². The van der Waals surface area contributed by atoms with Crippen molar-refractivity contribution >= 4 is 11.3 Å². The quantitative estimate of drug-likeness (QED) is 0.746. The average molecular weight is 225 g/mol. The summed E-state index contributed by atoms with van der Waals surface area (Å²) in [7, 11) is 0. The second-order valence-electron chi connectivity index (χ2n) is 4.66. The summed E-state index contributed by atoms with van der Waals surface area (Å²) in [6.45, 7) is 7.98. The molecule has 0 aliphatic carbocycles. The molecular formula is C13H23NS. The zero-order valence-electron chi connectivity index (χ0n) is 10.1. The third-order valence-corrected chi connectivity index (χ3v) is 3.56. The van der Waals surface area contributed by atoms with Crippen LogP contribution in [-0.2, 0) is 6.42 Å². The molecule has 0 amide bonds. The Morgan fingerprint density at radius 1 is 1.27 bits per heavy atom. The van der Waals surface area contributed by atoms with Crippen molar-refractivity contribution in [2.24, 2.45) is 5.92 Å². The standard InChI is InChI=1S/C13H23NS/c1-11(2)6-7-12(3)14-9-8-13-5-4-10-15-13/h4-5,10-12,14H,6-9H2,1-3H3/t12-/m0/s1. The molecule has 1 N–H and O–H groups in total. The highest BCUT2D eigenvalue weighted by molar-refractivity contribution is 7.09. The molecule has 1 nitrogen and oxygen atoms in total. The fourth-order valence-corrected chi connectivity index (χ4v) is 2.29. The lowest BCUT2D eigenvalue weighted by Crippen LogP contribution is -2.28. The first-order valence-electron chi connectivity index (χ1n) is 5.94. The molecule has 0 saturated heterocycles. The zero-order valence-corrected chi connectivity index (χ0v) is 10.9. The van der Waals surface area contributed by atoms with Crippen LogP contribution in [0, 0.1) is 5.92 Å². The highest BCUT2D eigenvalue weighted by Gasteiger charge is 2.02. The third-order valence-electron chi connectivity index (χ3n) is 2.62. The van der Waals surface area contributed by atoms with E-state index in [1.54, 1.807) is 0 Å². The summed E-state index contributed by atoms with van der Waals surface area (Å²) in [6, 6.07) is 5.00. The van der Waals surface area contributed by atoms with Gasteiger partial charge in [0.05, 0.1) is 0 Å². The molecule has 0 fully saturated rings. The van der Waals surface area contributed by atoms with E-state index in [2.05, 4.69) is 43.6 Å². The maximum atomic E-state index is 3.58. The molecule has 1 rings (SSSR count). The van der Waals surface area contributed by atoms with Gasteiger partial charge in [0.15, 0.2) is 0 Å². The highest BCUT2D eigenvalue weighted by atomic mass is 32.1. The summed E-state index contributed by atoms with van der Waals surface area (Å²) in [4.78, 5) is 1.48. The Kier molecular flexibility index (Phi) is 5.96. The largest absolute Gasteiger partial charge is 0.314 e. The third kappa shape index (κ3) is 5.95. The van der Waals surface area contributed by atoms with Crippen LogP contribution in [0.25, 0.3) is 0 Å². The summed E-state index contributed by atoms with van der Waals surface area (Å²) in [6.07, 6.45) is 3.79. The summed E-state index contributed by atoms with van der Waals surface area (Å²) in [5.74, 6) is 0.826. The number of nitrogens with one attached hydrogen (secondary N) is 1. The lowest BCUT2D eigenvalue weighted by Gasteiger charge is -2.14. The predicted octanol–water partition coefficient (Wildman–Crippen LogP) is 3.70. The summed E-state index contributed by atoms with van der Waals surface area (Å²) in [5.41, 5.74) is 0. The summed E-state index contributed by atoms with van der Waals surface area (Å²) >= 11 is 1.85. The van der Waals surface area contributed by atoms with Gasteiger partial charge in [0.25, 0.3) is 0 Å². The molecule has 0 spiro atoms. The molecule has 0 aromatic carbocycles. The maximum Gasteiger partial charge on any atom is 0.00578 e. The zero-order chi connectivity index (χ0) is 11.1. The second-order valence-corrected chi connectivity index (χ2v) is 5.69. The van der Waals surface area contributed by atoms with Gasteiger partial charge in [-0.25, -0.2) is 0 Å². The molecule has 1 heterocycles. The van der Waals surface area contributed by atoms with Crippen LogP contribution in [0.4, 0.5) is 0 Å². The lowest BCUT2D eigenvalue weighted by atomic mass is 10.0. The first-order valence-corrected chi connectivity index (χ1v) is 6.82. The van der Waals surface area contributed by atoms with Gasteiger partial charge in [-0.3, -0.25) is 0 Å². The van der Waals surface area contributed by atoms with E-state index in [-0.39, 0.29) is 0 Å². The van der Waals surface area contributed by atoms with E-state index in [1.165, 1.54) is 24.1 Å². The van der Waals surface area contributed by atoms with Crippen molar-refractivity contribution in [2.45, 2.75) is 46.1 Å². The first kappa shape index (κ1) is 12.7. The molecule has 0 radical (unpaired) electrons. The Labute approximate surface area is 97.9 Å². The minimum atomic E-state index is 0.660. The molecule has 1 aromatic heterocycles. The van der Waals surface area contributed by atoms with Crippen LogP contribution >= 0.6 is 11.3 Å². The van der Waals surface area contributed by atoms with Gasteiger partial charge in [0.1, 0.15) is 0 Å². The average Bonchev–Trinajstić information content (AvgIpc) is 2.67. The van der Waals surface area contributed by atoms with Gasteiger partial charge in [-0.15, -0.1) is 11.3 Å². The van der Waals surface area contributed by atoms with Gasteiger partial charge in [-0.05, 0) is 43.6 Å². The number of thiophene rings is 1. The first-order chi connectivity index (χ1) is 7.18. The molecule has 0 aliphatic rings. The SMILES string of the molecule is CC(C)CC[C@H](C)NCCc1cccs1. The summed E-state index contributed by atoms with van der Waals surface area (Å²) < 4.78 is 0. The van der Waals surface area contributed by atoms with E-state index in [1.807, 2.05) is 11.3 Å². The van der Waals surface area contributed by atoms with Crippen LogP contribution in [0.1, 0.15) is 38.5 Å². The minimum Gasteiger partial charge on any atom is -0.314 e. The topological polar surface area (TPSA) is 12.0 Å². The van der Waals surface area contributed by atoms with Gasteiger partial charge < -0.3 is 5.32 Å². The van der Waals surface area contributed by atoms with E-state index in [0.717, 1.165) is 12.5 Å². The fraction of sp³-hybridized carbons (Fsp3) is 0.692. The molecule has 0 unspecified atom stereocenters. The van der Waals surface area contributed by atoms with Crippen molar-refractivity contribution in [1.82, 2.24) is 5.32 Å². The maximum absolute atomic E-state index is 3.58. The van der Waals surface area contributed by atoms with Crippen molar-refractivity contribution in [3.63, 3.8) is 0 Å². The summed E-state index contributed by atoms with van der Waals surface area (Å²) in [5, 5.41) is 5.73. The Morgan fingerprint density at radius 2 is 2.07 bits per heavy atom. The Bertz CT molecular complexity index is 241. The van der Waals surface area contributed by atoms with Crippen LogP contribution in [0.3, 0.4) is 0 Å². The molecule has 2 heteroatoms. The van der Waals surface area contributed by atoms with Crippen LogP contribution in [0.15, 0.2) is 17.5 Å². The van der Waals surface area contributed by atoms with Gasteiger partial charge in [-0.2, -0.15) is 0 Å². The molecule has 1 atom stereocenters. The van der Waals surface area contributed by atoms with Crippen molar-refractivity contribution < 1.29 is 0 Å². The van der Waals surface area contributed by atoms with Crippen molar-refractivity contribution in [1.29, 1.82) is 0 Å². The van der Waals surface area contributed by atoms with E-state index < -0.39 is 0 Å². The number of hydrogen-bond donors (Lipinski definition) is 1. The van der Waals surface area contributed by atoms with Crippen molar-refractivity contribution in [2.75, 3.05) is 6.54 Å². The molecule has 15 heavy (non-hydrogen) atoms. The van der Waals surface area contributed by atoms with E-state index in [0.29, 0.717) is 6.04 Å². The monoisotopic (exact) mass is 225 g/mol. The highest BCUT2D eigenvalue weighted by Crippen LogP contribution is 2.09. The minimum absolute atomic E-state index is 0.660. The van der Waals surface area contributed by atoms with E-state index in [4.69, 9.17) is 0 Å². The van der Waals surface area contributed by atoms with Crippen LogP contribution in [0.5, 0.6) is 0 Å². The van der Waals surface area contributed by atoms with Crippen LogP contribution < -0.4 is 5.32 Å². The molecular weight excluding hydrogens is 202 g/mol. The molecule has 0 bridgehead atoms. The Hall–Kier alpha value is -0.340. The Morgan fingerprint density at radius 3 is 2.67 bits per heavy atom. The van der Waals surface area contributed by atoms with Crippen molar-refractivity contribution in [3.05, 3.63) is 22.4 Å². The number of hydrogen-bond acceptors (Lipinski definition) is 2. The molecule has 0 saturated carbocycles. The Balaban J connectivity index is 2.04. The molecule has 0 aliphatic heterocycles. The van der Waals surface area contributed by atoms with Gasteiger partial charge in [0.2, 0.25) is 0 Å². The van der Waals surface area contributed by atoms with E-state index in [9.17, 15) is 0 Å². The smallest absolute Gasteiger partial charge is 0.00578 e. The lowest BCUT2D eigenvalue weighted by molar-refractivity contribution is 0.454. The van der Waals surface area contributed by atoms with Gasteiger partial charge in [-0.1, -0.05) is 19.9 Å². The fourth-order valence-electron chi connectivity index (χ4n) is 1.58. The van der Waals surface area contributed by atoms with Gasteiger partial charge >= 0.3 is 0 Å². The normalized spacial score (nSPS) is 13.3.